The first-order chi connectivity index (χ1) is 8.25. The summed E-state index contributed by atoms with van der Waals surface area (Å²) in [5, 5.41) is 2.99. The summed E-state index contributed by atoms with van der Waals surface area (Å²) in [5.41, 5.74) is 0.729. The van der Waals surface area contributed by atoms with Crippen LogP contribution in [0.1, 0.15) is 5.56 Å². The smallest absolute Gasteiger partial charge is 0.222 e. The second-order valence-electron chi connectivity index (χ2n) is 3.50. The van der Waals surface area contributed by atoms with Gasteiger partial charge in [-0.25, -0.2) is 18.7 Å². The maximum atomic E-state index is 12.9. The first-order valence-corrected chi connectivity index (χ1v) is 5.20. The van der Waals surface area contributed by atoms with E-state index in [0.717, 1.165) is 11.6 Å². The number of anilines is 1. The predicted octanol–water partition coefficient (Wildman–Crippen LogP) is 2.41. The molecule has 17 heavy (non-hydrogen) atoms. The first kappa shape index (κ1) is 11.4. The molecule has 0 amide bonds. The molecular weight excluding hydrogens is 224 g/mol. The van der Waals surface area contributed by atoms with Gasteiger partial charge in [0, 0.05) is 18.9 Å². The zero-order valence-electron chi connectivity index (χ0n) is 9.03. The van der Waals surface area contributed by atoms with E-state index >= 15 is 0 Å². The Morgan fingerprint density at radius 1 is 1.06 bits per heavy atom. The molecule has 1 aromatic heterocycles. The molecule has 0 spiro atoms. The largest absolute Gasteiger partial charge is 0.354 e. The number of aromatic nitrogens is 2. The van der Waals surface area contributed by atoms with Crippen molar-refractivity contribution in [2.24, 2.45) is 0 Å². The minimum atomic E-state index is -0.826. The van der Waals surface area contributed by atoms with Crippen LogP contribution in [0.25, 0.3) is 0 Å². The monoisotopic (exact) mass is 235 g/mol. The van der Waals surface area contributed by atoms with Crippen LogP contribution in [-0.2, 0) is 6.42 Å². The van der Waals surface area contributed by atoms with Gasteiger partial charge in [0.1, 0.15) is 0 Å². The molecule has 2 aromatic rings. The Bertz CT molecular complexity index is 488. The first-order valence-electron chi connectivity index (χ1n) is 5.20. The van der Waals surface area contributed by atoms with Gasteiger partial charge >= 0.3 is 0 Å². The average molecular weight is 235 g/mol. The van der Waals surface area contributed by atoms with Gasteiger partial charge in [0.15, 0.2) is 11.6 Å². The third-order valence-corrected chi connectivity index (χ3v) is 2.25. The highest BCUT2D eigenvalue weighted by Gasteiger charge is 2.02. The van der Waals surface area contributed by atoms with Gasteiger partial charge in [-0.3, -0.25) is 0 Å². The summed E-state index contributed by atoms with van der Waals surface area (Å²) >= 11 is 0. The van der Waals surface area contributed by atoms with Crippen molar-refractivity contribution in [3.05, 3.63) is 53.9 Å². The third kappa shape index (κ3) is 3.21. The maximum Gasteiger partial charge on any atom is 0.222 e. The normalized spacial score (nSPS) is 10.2. The fraction of sp³-hybridized carbons (Fsp3) is 0.167. The minimum absolute atomic E-state index is 0.523. The summed E-state index contributed by atoms with van der Waals surface area (Å²) in [7, 11) is 0. The maximum absolute atomic E-state index is 12.9. The Morgan fingerprint density at radius 2 is 1.82 bits per heavy atom. The fourth-order valence-corrected chi connectivity index (χ4v) is 1.40. The van der Waals surface area contributed by atoms with E-state index in [-0.39, 0.29) is 0 Å². The topological polar surface area (TPSA) is 37.8 Å². The quantitative estimate of drug-likeness (QED) is 0.884. The van der Waals surface area contributed by atoms with E-state index in [9.17, 15) is 8.78 Å². The molecule has 0 saturated carbocycles. The summed E-state index contributed by atoms with van der Waals surface area (Å²) in [6, 6.07) is 5.61. The molecule has 0 aliphatic heterocycles. The van der Waals surface area contributed by atoms with Crippen LogP contribution < -0.4 is 5.32 Å². The van der Waals surface area contributed by atoms with Crippen molar-refractivity contribution in [3.63, 3.8) is 0 Å². The summed E-state index contributed by atoms with van der Waals surface area (Å²) in [5.74, 6) is -1.12. The van der Waals surface area contributed by atoms with Crippen LogP contribution in [0.2, 0.25) is 0 Å². The number of benzene rings is 1. The van der Waals surface area contributed by atoms with Crippen LogP contribution in [0.3, 0.4) is 0 Å². The second kappa shape index (κ2) is 5.34. The van der Waals surface area contributed by atoms with Crippen LogP contribution in [0.4, 0.5) is 14.7 Å². The van der Waals surface area contributed by atoms with E-state index < -0.39 is 11.6 Å². The molecule has 0 aliphatic rings. The Balaban J connectivity index is 1.88. The molecule has 5 heteroatoms. The minimum Gasteiger partial charge on any atom is -0.354 e. The Morgan fingerprint density at radius 3 is 2.53 bits per heavy atom. The number of nitrogens with one attached hydrogen (secondary N) is 1. The van der Waals surface area contributed by atoms with Gasteiger partial charge < -0.3 is 5.32 Å². The van der Waals surface area contributed by atoms with Crippen molar-refractivity contribution < 1.29 is 8.78 Å². The van der Waals surface area contributed by atoms with Gasteiger partial charge in [0.2, 0.25) is 5.95 Å². The predicted molar refractivity (Wildman–Crippen MR) is 60.6 cm³/mol. The molecule has 1 N–H and O–H groups in total. The second-order valence-corrected chi connectivity index (χ2v) is 3.50. The Kier molecular flexibility index (Phi) is 3.59. The lowest BCUT2D eigenvalue weighted by Gasteiger charge is -2.04. The van der Waals surface area contributed by atoms with Gasteiger partial charge in [-0.1, -0.05) is 6.07 Å². The highest BCUT2D eigenvalue weighted by atomic mass is 19.2. The molecule has 2 rings (SSSR count). The van der Waals surface area contributed by atoms with E-state index in [4.69, 9.17) is 0 Å². The highest BCUT2D eigenvalue weighted by molar-refractivity contribution is 5.24. The van der Waals surface area contributed by atoms with Gasteiger partial charge in [-0.05, 0) is 30.2 Å². The molecule has 3 nitrogen and oxygen atoms in total. The lowest BCUT2D eigenvalue weighted by atomic mass is 10.1. The molecular formula is C12H11F2N3. The molecule has 0 atom stereocenters. The van der Waals surface area contributed by atoms with Crippen LogP contribution in [0.5, 0.6) is 0 Å². The van der Waals surface area contributed by atoms with Crippen LogP contribution in [-0.4, -0.2) is 16.5 Å². The van der Waals surface area contributed by atoms with Crippen molar-refractivity contribution in [2.45, 2.75) is 6.42 Å². The lowest BCUT2D eigenvalue weighted by Crippen LogP contribution is -2.07. The molecule has 0 aliphatic carbocycles. The number of hydrogen-bond acceptors (Lipinski definition) is 3. The van der Waals surface area contributed by atoms with Crippen molar-refractivity contribution in [1.82, 2.24) is 9.97 Å². The van der Waals surface area contributed by atoms with Crippen LogP contribution in [0.15, 0.2) is 36.7 Å². The molecule has 1 aromatic carbocycles. The van der Waals surface area contributed by atoms with Crippen LogP contribution >= 0.6 is 0 Å². The van der Waals surface area contributed by atoms with Gasteiger partial charge in [0.05, 0.1) is 0 Å². The molecule has 0 fully saturated rings. The van der Waals surface area contributed by atoms with Gasteiger partial charge in [-0.15, -0.1) is 0 Å². The van der Waals surface area contributed by atoms with Crippen molar-refractivity contribution in [1.29, 1.82) is 0 Å². The van der Waals surface area contributed by atoms with Gasteiger partial charge in [0.25, 0.3) is 0 Å². The van der Waals surface area contributed by atoms with Crippen molar-refractivity contribution in [3.8, 4) is 0 Å². The molecule has 1 heterocycles. The summed E-state index contributed by atoms with van der Waals surface area (Å²) in [4.78, 5) is 7.97. The SMILES string of the molecule is Fc1ccc(CCNc2ncccn2)cc1F. The van der Waals surface area contributed by atoms with Crippen molar-refractivity contribution >= 4 is 5.95 Å². The Hall–Kier alpha value is -2.04. The van der Waals surface area contributed by atoms with E-state index in [1.807, 2.05) is 0 Å². The van der Waals surface area contributed by atoms with E-state index in [0.29, 0.717) is 18.9 Å². The molecule has 0 saturated heterocycles. The number of halogens is 2. The zero-order chi connectivity index (χ0) is 12.1. The van der Waals surface area contributed by atoms with E-state index in [1.54, 1.807) is 24.5 Å². The number of rotatable bonds is 4. The van der Waals surface area contributed by atoms with Crippen molar-refractivity contribution in [2.75, 3.05) is 11.9 Å². The van der Waals surface area contributed by atoms with E-state index in [1.165, 1.54) is 6.07 Å². The molecule has 0 radical (unpaired) electrons. The lowest BCUT2D eigenvalue weighted by molar-refractivity contribution is 0.507. The number of hydrogen-bond donors (Lipinski definition) is 1. The fourth-order valence-electron chi connectivity index (χ4n) is 1.40. The zero-order valence-corrected chi connectivity index (χ0v) is 9.03. The average Bonchev–Trinajstić information content (AvgIpc) is 2.35. The van der Waals surface area contributed by atoms with Gasteiger partial charge in [-0.2, -0.15) is 0 Å². The summed E-state index contributed by atoms with van der Waals surface area (Å²) < 4.78 is 25.6. The molecule has 0 bridgehead atoms. The number of nitrogens with zero attached hydrogens (tertiary/aromatic N) is 2. The summed E-state index contributed by atoms with van der Waals surface area (Å²) in [6.45, 7) is 0.565. The summed E-state index contributed by atoms with van der Waals surface area (Å²) in [6.07, 6.45) is 3.84. The molecule has 0 unspecified atom stereocenters. The third-order valence-electron chi connectivity index (χ3n) is 2.25. The molecule has 88 valence electrons. The van der Waals surface area contributed by atoms with E-state index in [2.05, 4.69) is 15.3 Å². The standard InChI is InChI=1S/C12H11F2N3/c13-10-3-2-9(8-11(10)14)4-7-17-12-15-5-1-6-16-12/h1-3,5-6,8H,4,7H2,(H,15,16,17). The Labute approximate surface area is 97.5 Å². The highest BCUT2D eigenvalue weighted by Crippen LogP contribution is 2.09. The van der Waals surface area contributed by atoms with Crippen LogP contribution in [0, 0.1) is 11.6 Å².